The van der Waals surface area contributed by atoms with E-state index in [-0.39, 0.29) is 23.3 Å². The Morgan fingerprint density at radius 1 is 1.31 bits per heavy atom. The summed E-state index contributed by atoms with van der Waals surface area (Å²) in [6.07, 6.45) is 3.51. The molecule has 1 amide bonds. The van der Waals surface area contributed by atoms with Crippen molar-refractivity contribution in [1.29, 1.82) is 0 Å². The van der Waals surface area contributed by atoms with Crippen LogP contribution in [-0.2, 0) is 19.6 Å². The number of carbonyl (C=O) groups excluding carboxylic acids is 1. The zero-order chi connectivity index (χ0) is 20.7. The van der Waals surface area contributed by atoms with E-state index >= 15 is 0 Å². The first kappa shape index (κ1) is 21.3. The maximum absolute atomic E-state index is 13.0. The van der Waals surface area contributed by atoms with Gasteiger partial charge in [0.25, 0.3) is 0 Å². The van der Waals surface area contributed by atoms with Gasteiger partial charge in [0, 0.05) is 32.8 Å². The van der Waals surface area contributed by atoms with E-state index in [4.69, 9.17) is 4.74 Å². The molecule has 0 bridgehead atoms. The van der Waals surface area contributed by atoms with E-state index in [0.29, 0.717) is 44.8 Å². The molecule has 0 radical (unpaired) electrons. The fourth-order valence-electron chi connectivity index (χ4n) is 3.25. The molecule has 1 fully saturated rings. The molecule has 29 heavy (non-hydrogen) atoms. The summed E-state index contributed by atoms with van der Waals surface area (Å²) in [5.74, 6) is -0.443. The van der Waals surface area contributed by atoms with Gasteiger partial charge in [-0.15, -0.1) is 5.10 Å². The number of rotatable bonds is 9. The van der Waals surface area contributed by atoms with Crippen LogP contribution in [0.1, 0.15) is 26.2 Å². The molecule has 3 rings (SSSR count). The van der Waals surface area contributed by atoms with Gasteiger partial charge in [0.2, 0.25) is 15.9 Å². The summed E-state index contributed by atoms with van der Waals surface area (Å²) in [5, 5.41) is 13.8. The van der Waals surface area contributed by atoms with Gasteiger partial charge in [-0.3, -0.25) is 4.79 Å². The third-order valence-corrected chi connectivity index (χ3v) is 6.69. The van der Waals surface area contributed by atoms with E-state index in [1.165, 1.54) is 27.4 Å². The third kappa shape index (κ3) is 5.37. The van der Waals surface area contributed by atoms with Gasteiger partial charge in [0.15, 0.2) is 0 Å². The summed E-state index contributed by atoms with van der Waals surface area (Å²) >= 11 is 0. The Morgan fingerprint density at radius 2 is 2.10 bits per heavy atom. The second kappa shape index (κ2) is 9.90. The van der Waals surface area contributed by atoms with Crippen LogP contribution in [0.3, 0.4) is 0 Å². The van der Waals surface area contributed by atoms with Crippen LogP contribution in [0, 0.1) is 5.92 Å². The zero-order valence-electron chi connectivity index (χ0n) is 16.4. The molecular formula is C18H26N6O4S. The molecule has 0 spiro atoms. The van der Waals surface area contributed by atoms with Crippen LogP contribution in [0.4, 0.5) is 0 Å². The number of carbonyl (C=O) groups is 1. The first-order valence-corrected chi connectivity index (χ1v) is 11.2. The standard InChI is InChI=1S/C18H26N6O4S/c1-2-28-12-4-10-19-18(25)15-5-3-11-23(13-15)29(26,27)17-8-6-16(7-9-17)24-14-20-21-22-24/h6-9,14-15H,2-5,10-13H2,1H3,(H,19,25)/t15-/m1/s1. The van der Waals surface area contributed by atoms with Crippen molar-refractivity contribution in [3.05, 3.63) is 30.6 Å². The van der Waals surface area contributed by atoms with Crippen molar-refractivity contribution >= 4 is 15.9 Å². The summed E-state index contributed by atoms with van der Waals surface area (Å²) in [6.45, 7) is 4.30. The van der Waals surface area contributed by atoms with E-state index in [9.17, 15) is 13.2 Å². The highest BCUT2D eigenvalue weighted by Crippen LogP contribution is 2.24. The van der Waals surface area contributed by atoms with Crippen molar-refractivity contribution in [3.63, 3.8) is 0 Å². The van der Waals surface area contributed by atoms with Crippen molar-refractivity contribution in [3.8, 4) is 5.69 Å². The third-order valence-electron chi connectivity index (χ3n) is 4.81. The number of aromatic nitrogens is 4. The van der Waals surface area contributed by atoms with Gasteiger partial charge in [0.1, 0.15) is 6.33 Å². The number of piperidine rings is 1. The van der Waals surface area contributed by atoms with Gasteiger partial charge in [0.05, 0.1) is 16.5 Å². The topological polar surface area (TPSA) is 119 Å². The predicted molar refractivity (Wildman–Crippen MR) is 105 cm³/mol. The Hall–Kier alpha value is -2.37. The first-order valence-electron chi connectivity index (χ1n) is 9.71. The summed E-state index contributed by atoms with van der Waals surface area (Å²) in [6, 6.07) is 6.36. The van der Waals surface area contributed by atoms with Gasteiger partial charge in [-0.05, 0) is 60.9 Å². The number of nitrogens with zero attached hydrogens (tertiary/aromatic N) is 5. The molecule has 0 aliphatic carbocycles. The maximum atomic E-state index is 13.0. The minimum atomic E-state index is -3.67. The number of hydrogen-bond acceptors (Lipinski definition) is 7. The lowest BCUT2D eigenvalue weighted by Crippen LogP contribution is -2.45. The SMILES string of the molecule is CCOCCCNC(=O)[C@@H]1CCCN(S(=O)(=O)c2ccc(-n3cnnn3)cc2)C1. The van der Waals surface area contributed by atoms with Gasteiger partial charge in [-0.1, -0.05) is 0 Å². The van der Waals surface area contributed by atoms with Crippen LogP contribution in [0.5, 0.6) is 0 Å². The molecule has 158 valence electrons. The van der Waals surface area contributed by atoms with Crippen LogP contribution in [0.2, 0.25) is 0 Å². The van der Waals surface area contributed by atoms with Crippen molar-refractivity contribution in [2.45, 2.75) is 31.1 Å². The lowest BCUT2D eigenvalue weighted by atomic mass is 9.99. The van der Waals surface area contributed by atoms with Crippen molar-refractivity contribution in [2.24, 2.45) is 5.92 Å². The van der Waals surface area contributed by atoms with E-state index < -0.39 is 10.0 Å². The van der Waals surface area contributed by atoms with E-state index in [0.717, 1.165) is 6.42 Å². The molecule has 11 heteroatoms. The molecular weight excluding hydrogens is 396 g/mol. The molecule has 2 heterocycles. The number of amides is 1. The number of nitrogens with one attached hydrogen (secondary N) is 1. The average Bonchev–Trinajstić information content (AvgIpc) is 3.28. The number of hydrogen-bond donors (Lipinski definition) is 1. The number of sulfonamides is 1. The Kier molecular flexibility index (Phi) is 7.29. The first-order chi connectivity index (χ1) is 14.0. The second-order valence-electron chi connectivity index (χ2n) is 6.79. The molecule has 1 atom stereocenters. The van der Waals surface area contributed by atoms with E-state index in [1.54, 1.807) is 12.1 Å². The molecule has 0 saturated carbocycles. The molecule has 1 aromatic carbocycles. The molecule has 1 N–H and O–H groups in total. The Balaban J connectivity index is 1.60. The van der Waals surface area contributed by atoms with Gasteiger partial charge >= 0.3 is 0 Å². The quantitative estimate of drug-likeness (QED) is 0.588. The van der Waals surface area contributed by atoms with Crippen LogP contribution in [0.15, 0.2) is 35.5 Å². The van der Waals surface area contributed by atoms with E-state index in [1.807, 2.05) is 6.92 Å². The maximum Gasteiger partial charge on any atom is 0.243 e. The smallest absolute Gasteiger partial charge is 0.243 e. The van der Waals surface area contributed by atoms with E-state index in [2.05, 4.69) is 20.8 Å². The van der Waals surface area contributed by atoms with Crippen LogP contribution in [0.25, 0.3) is 5.69 Å². The molecule has 1 aromatic heterocycles. The van der Waals surface area contributed by atoms with Crippen molar-refractivity contribution in [1.82, 2.24) is 29.8 Å². The van der Waals surface area contributed by atoms with Crippen molar-refractivity contribution < 1.29 is 17.9 Å². The summed E-state index contributed by atoms with van der Waals surface area (Å²) in [5.41, 5.74) is 0.664. The van der Waals surface area contributed by atoms with Crippen LogP contribution < -0.4 is 5.32 Å². The van der Waals surface area contributed by atoms with Gasteiger partial charge < -0.3 is 10.1 Å². The zero-order valence-corrected chi connectivity index (χ0v) is 17.2. The largest absolute Gasteiger partial charge is 0.382 e. The summed E-state index contributed by atoms with van der Waals surface area (Å²) in [7, 11) is -3.67. The fourth-order valence-corrected chi connectivity index (χ4v) is 4.77. The average molecular weight is 423 g/mol. The monoisotopic (exact) mass is 422 g/mol. The van der Waals surface area contributed by atoms with Gasteiger partial charge in [-0.2, -0.15) is 4.31 Å². The minimum Gasteiger partial charge on any atom is -0.382 e. The molecule has 1 aliphatic heterocycles. The highest BCUT2D eigenvalue weighted by Gasteiger charge is 2.33. The normalized spacial score (nSPS) is 17.9. The molecule has 1 saturated heterocycles. The van der Waals surface area contributed by atoms with Crippen LogP contribution >= 0.6 is 0 Å². The lowest BCUT2D eigenvalue weighted by molar-refractivity contribution is -0.126. The second-order valence-corrected chi connectivity index (χ2v) is 8.73. The predicted octanol–water partition coefficient (Wildman–Crippen LogP) is 0.606. The summed E-state index contributed by atoms with van der Waals surface area (Å²) in [4.78, 5) is 12.6. The molecule has 0 unspecified atom stereocenters. The van der Waals surface area contributed by atoms with Gasteiger partial charge in [-0.25, -0.2) is 13.1 Å². The fraction of sp³-hybridized carbons (Fsp3) is 0.556. The minimum absolute atomic E-state index is 0.101. The highest BCUT2D eigenvalue weighted by molar-refractivity contribution is 7.89. The van der Waals surface area contributed by atoms with Crippen molar-refractivity contribution in [2.75, 3.05) is 32.8 Å². The lowest BCUT2D eigenvalue weighted by Gasteiger charge is -2.31. The number of benzene rings is 1. The molecule has 1 aliphatic rings. The Labute approximate surface area is 170 Å². The summed E-state index contributed by atoms with van der Waals surface area (Å²) < 4.78 is 34.1. The van der Waals surface area contributed by atoms with Crippen LogP contribution in [-0.4, -0.2) is 71.7 Å². The highest BCUT2D eigenvalue weighted by atomic mass is 32.2. The Bertz CT molecular complexity index is 886. The Morgan fingerprint density at radius 3 is 2.79 bits per heavy atom. The number of tetrazole rings is 1. The number of ether oxygens (including phenoxy) is 1. The molecule has 10 nitrogen and oxygen atoms in total. The molecule has 2 aromatic rings.